The van der Waals surface area contributed by atoms with Gasteiger partial charge in [0.2, 0.25) is 0 Å². The van der Waals surface area contributed by atoms with E-state index in [9.17, 15) is 0 Å². The maximum atomic E-state index is 4.21. The molecule has 1 heterocycles. The fourth-order valence-electron chi connectivity index (χ4n) is 2.78. The van der Waals surface area contributed by atoms with Crippen LogP contribution in [-0.2, 0) is 0 Å². The Morgan fingerprint density at radius 3 is 3.00 bits per heavy atom. The molecule has 2 atom stereocenters. The Bertz CT molecular complexity index is 351. The van der Waals surface area contributed by atoms with Crippen molar-refractivity contribution in [2.45, 2.75) is 46.0 Å². The van der Waals surface area contributed by atoms with Crippen molar-refractivity contribution in [3.8, 4) is 0 Å². The summed E-state index contributed by atoms with van der Waals surface area (Å²) in [6, 6.07) is 2.00. The minimum absolute atomic E-state index is 0.911. The summed E-state index contributed by atoms with van der Waals surface area (Å²) < 4.78 is 0. The predicted molar refractivity (Wildman–Crippen MR) is 71.0 cm³/mol. The zero-order valence-corrected chi connectivity index (χ0v) is 10.9. The Kier molecular flexibility index (Phi) is 4.35. The van der Waals surface area contributed by atoms with E-state index in [1.807, 2.05) is 13.0 Å². The molecule has 2 unspecified atom stereocenters. The maximum Gasteiger partial charge on any atom is 0.129 e. The number of aromatic nitrogens is 2. The summed E-state index contributed by atoms with van der Waals surface area (Å²) in [5.41, 5.74) is 1.02. The Morgan fingerprint density at radius 1 is 1.35 bits per heavy atom. The number of nitrogens with one attached hydrogen (secondary N) is 1. The summed E-state index contributed by atoms with van der Waals surface area (Å²) in [5.74, 6) is 2.80. The van der Waals surface area contributed by atoms with Gasteiger partial charge < -0.3 is 5.32 Å². The highest BCUT2D eigenvalue weighted by Crippen LogP contribution is 2.30. The monoisotopic (exact) mass is 233 g/mol. The number of rotatable bonds is 4. The molecule has 0 spiro atoms. The lowest BCUT2D eigenvalue weighted by molar-refractivity contribution is 0.274. The van der Waals surface area contributed by atoms with Gasteiger partial charge in [-0.25, -0.2) is 9.97 Å². The van der Waals surface area contributed by atoms with Crippen LogP contribution in [0.2, 0.25) is 0 Å². The van der Waals surface area contributed by atoms with Crippen molar-refractivity contribution in [1.82, 2.24) is 9.97 Å². The van der Waals surface area contributed by atoms with Gasteiger partial charge in [0, 0.05) is 18.3 Å². The van der Waals surface area contributed by atoms with Gasteiger partial charge in [-0.1, -0.05) is 26.2 Å². The van der Waals surface area contributed by atoms with Crippen LogP contribution in [0.3, 0.4) is 0 Å². The van der Waals surface area contributed by atoms with E-state index < -0.39 is 0 Å². The summed E-state index contributed by atoms with van der Waals surface area (Å²) in [5, 5.41) is 3.40. The number of aryl methyl sites for hydroxylation is 1. The van der Waals surface area contributed by atoms with Crippen molar-refractivity contribution in [2.75, 3.05) is 11.9 Å². The van der Waals surface area contributed by atoms with Crippen LogP contribution in [0.4, 0.5) is 5.82 Å². The van der Waals surface area contributed by atoms with Crippen LogP contribution in [0.15, 0.2) is 12.4 Å². The molecule has 94 valence electrons. The Labute approximate surface area is 104 Å². The predicted octanol–water partition coefficient (Wildman–Crippen LogP) is 3.41. The van der Waals surface area contributed by atoms with Crippen molar-refractivity contribution < 1.29 is 0 Å². The smallest absolute Gasteiger partial charge is 0.129 e. The van der Waals surface area contributed by atoms with Crippen molar-refractivity contribution in [1.29, 1.82) is 0 Å². The molecule has 0 amide bonds. The van der Waals surface area contributed by atoms with Gasteiger partial charge in [0.1, 0.15) is 12.1 Å². The highest BCUT2D eigenvalue weighted by molar-refractivity contribution is 5.34. The van der Waals surface area contributed by atoms with E-state index in [0.717, 1.165) is 29.9 Å². The van der Waals surface area contributed by atoms with Gasteiger partial charge in [0.25, 0.3) is 0 Å². The molecular formula is C14H23N3. The minimum Gasteiger partial charge on any atom is -0.370 e. The second-order valence-corrected chi connectivity index (χ2v) is 5.40. The van der Waals surface area contributed by atoms with Gasteiger partial charge in [0.05, 0.1) is 0 Å². The average molecular weight is 233 g/mol. The average Bonchev–Trinajstić information content (AvgIpc) is 2.29. The van der Waals surface area contributed by atoms with Gasteiger partial charge in [0.15, 0.2) is 0 Å². The normalized spacial score (nSPS) is 24.6. The molecule has 2 rings (SSSR count). The van der Waals surface area contributed by atoms with Crippen molar-refractivity contribution in [3.63, 3.8) is 0 Å². The van der Waals surface area contributed by atoms with Crippen LogP contribution in [0.25, 0.3) is 0 Å². The van der Waals surface area contributed by atoms with Crippen LogP contribution in [0.1, 0.15) is 44.7 Å². The lowest BCUT2D eigenvalue weighted by Gasteiger charge is -2.26. The molecule has 17 heavy (non-hydrogen) atoms. The van der Waals surface area contributed by atoms with E-state index in [2.05, 4.69) is 22.2 Å². The molecule has 3 nitrogen and oxygen atoms in total. The molecule has 0 bridgehead atoms. The molecule has 0 aromatic carbocycles. The number of hydrogen-bond donors (Lipinski definition) is 1. The third kappa shape index (κ3) is 3.99. The van der Waals surface area contributed by atoms with Crippen LogP contribution in [0.5, 0.6) is 0 Å². The molecule has 0 radical (unpaired) electrons. The fourth-order valence-corrected chi connectivity index (χ4v) is 2.78. The second kappa shape index (κ2) is 5.99. The highest BCUT2D eigenvalue weighted by Gasteiger charge is 2.18. The van der Waals surface area contributed by atoms with Crippen molar-refractivity contribution in [2.24, 2.45) is 11.8 Å². The van der Waals surface area contributed by atoms with E-state index in [4.69, 9.17) is 0 Å². The van der Waals surface area contributed by atoms with Gasteiger partial charge in [-0.2, -0.15) is 0 Å². The number of anilines is 1. The van der Waals surface area contributed by atoms with Crippen LogP contribution in [-0.4, -0.2) is 16.5 Å². The first-order chi connectivity index (χ1) is 8.24. The highest BCUT2D eigenvalue weighted by atomic mass is 15.0. The standard InChI is InChI=1S/C14H23N3/c1-11-4-3-5-13(8-11)6-7-15-14-9-12(2)16-10-17-14/h9-11,13H,3-8H2,1-2H3,(H,15,16,17). The van der Waals surface area contributed by atoms with Crippen LogP contribution >= 0.6 is 0 Å². The quantitative estimate of drug-likeness (QED) is 0.866. The maximum absolute atomic E-state index is 4.21. The zero-order chi connectivity index (χ0) is 12.1. The lowest BCUT2D eigenvalue weighted by Crippen LogP contribution is -2.16. The molecule has 0 aliphatic heterocycles. The van der Waals surface area contributed by atoms with Crippen LogP contribution < -0.4 is 5.32 Å². The Morgan fingerprint density at radius 2 is 2.24 bits per heavy atom. The van der Waals surface area contributed by atoms with E-state index in [0.29, 0.717) is 0 Å². The third-order valence-electron chi connectivity index (χ3n) is 3.71. The molecule has 1 fully saturated rings. The summed E-state index contributed by atoms with van der Waals surface area (Å²) in [7, 11) is 0. The molecule has 1 aliphatic rings. The molecular weight excluding hydrogens is 210 g/mol. The lowest BCUT2D eigenvalue weighted by atomic mass is 9.81. The molecule has 1 saturated carbocycles. The minimum atomic E-state index is 0.911. The van der Waals surface area contributed by atoms with E-state index in [1.54, 1.807) is 6.33 Å². The summed E-state index contributed by atoms with van der Waals surface area (Å²) in [6.07, 6.45) is 8.56. The fraction of sp³-hybridized carbons (Fsp3) is 0.714. The molecule has 1 N–H and O–H groups in total. The van der Waals surface area contributed by atoms with Gasteiger partial charge in [-0.3, -0.25) is 0 Å². The Hall–Kier alpha value is -1.12. The first-order valence-electron chi connectivity index (χ1n) is 6.76. The summed E-state index contributed by atoms with van der Waals surface area (Å²) >= 11 is 0. The molecule has 3 heteroatoms. The third-order valence-corrected chi connectivity index (χ3v) is 3.71. The van der Waals surface area contributed by atoms with Crippen LogP contribution in [0, 0.1) is 18.8 Å². The first kappa shape index (κ1) is 12.3. The molecule has 1 aromatic rings. The SMILES string of the molecule is Cc1cc(NCCC2CCCC(C)C2)ncn1. The van der Waals surface area contributed by atoms with E-state index in [-0.39, 0.29) is 0 Å². The largest absolute Gasteiger partial charge is 0.370 e. The van der Waals surface area contributed by atoms with Gasteiger partial charge in [-0.05, 0) is 31.6 Å². The molecule has 1 aromatic heterocycles. The second-order valence-electron chi connectivity index (χ2n) is 5.40. The first-order valence-corrected chi connectivity index (χ1v) is 6.76. The van der Waals surface area contributed by atoms with Crippen molar-refractivity contribution >= 4 is 5.82 Å². The van der Waals surface area contributed by atoms with Gasteiger partial charge >= 0.3 is 0 Å². The molecule has 0 saturated heterocycles. The van der Waals surface area contributed by atoms with E-state index >= 15 is 0 Å². The van der Waals surface area contributed by atoms with E-state index in [1.165, 1.54) is 32.1 Å². The van der Waals surface area contributed by atoms with Gasteiger partial charge in [-0.15, -0.1) is 0 Å². The number of nitrogens with zero attached hydrogens (tertiary/aromatic N) is 2. The van der Waals surface area contributed by atoms with Crippen molar-refractivity contribution in [3.05, 3.63) is 18.1 Å². The topological polar surface area (TPSA) is 37.8 Å². The molecule has 1 aliphatic carbocycles. The summed E-state index contributed by atoms with van der Waals surface area (Å²) in [4.78, 5) is 8.31. The zero-order valence-electron chi connectivity index (χ0n) is 10.9. The summed E-state index contributed by atoms with van der Waals surface area (Å²) in [6.45, 7) is 5.41. The number of hydrogen-bond acceptors (Lipinski definition) is 3. The Balaban J connectivity index is 1.72.